The number of benzene rings is 1. The van der Waals surface area contributed by atoms with Gasteiger partial charge in [0.15, 0.2) is 0 Å². The minimum atomic E-state index is -0.205. The van der Waals surface area contributed by atoms with Gasteiger partial charge in [0.25, 0.3) is 0 Å². The first-order chi connectivity index (χ1) is 13.5. The molecule has 0 fully saturated rings. The van der Waals surface area contributed by atoms with Gasteiger partial charge in [0.2, 0.25) is 5.91 Å². The molecule has 2 aromatic heterocycles. The van der Waals surface area contributed by atoms with Crippen molar-refractivity contribution in [3.63, 3.8) is 0 Å². The fourth-order valence-corrected chi connectivity index (χ4v) is 3.34. The summed E-state index contributed by atoms with van der Waals surface area (Å²) in [5.74, 6) is 1.61. The van der Waals surface area contributed by atoms with E-state index in [2.05, 4.69) is 39.3 Å². The Bertz CT molecular complexity index is 947. The van der Waals surface area contributed by atoms with Crippen molar-refractivity contribution in [2.45, 2.75) is 45.6 Å². The molecule has 148 valence electrons. The van der Waals surface area contributed by atoms with Crippen molar-refractivity contribution in [2.24, 2.45) is 0 Å². The highest BCUT2D eigenvalue weighted by atomic mass is 16.1. The van der Waals surface area contributed by atoms with E-state index in [9.17, 15) is 4.79 Å². The van der Waals surface area contributed by atoms with Gasteiger partial charge in [0.05, 0.1) is 11.7 Å². The number of hydrogen-bond acceptors (Lipinski definition) is 4. The maximum Gasteiger partial charge on any atom is 0.220 e. The summed E-state index contributed by atoms with van der Waals surface area (Å²) < 4.78 is 0. The number of nitrogens with one attached hydrogen (secondary N) is 2. The number of rotatable bonds is 8. The molecule has 28 heavy (non-hydrogen) atoms. The Kier molecular flexibility index (Phi) is 6.29. The fraction of sp³-hybridized carbons (Fsp3) is 0.409. The van der Waals surface area contributed by atoms with Crippen molar-refractivity contribution in [2.75, 3.05) is 19.0 Å². The number of para-hydroxylation sites is 1. The second-order valence-electron chi connectivity index (χ2n) is 7.38. The van der Waals surface area contributed by atoms with Gasteiger partial charge in [-0.2, -0.15) is 0 Å². The number of carbonyl (C=O) groups is 1. The molecule has 1 amide bonds. The van der Waals surface area contributed by atoms with E-state index in [1.807, 2.05) is 50.3 Å². The van der Waals surface area contributed by atoms with E-state index in [1.165, 1.54) is 10.9 Å². The van der Waals surface area contributed by atoms with E-state index in [0.717, 1.165) is 29.9 Å². The third-order valence-corrected chi connectivity index (χ3v) is 4.85. The minimum absolute atomic E-state index is 0.0642. The molecule has 1 atom stereocenters. The molecule has 0 unspecified atom stereocenters. The second kappa shape index (κ2) is 8.87. The summed E-state index contributed by atoms with van der Waals surface area (Å²) in [6, 6.07) is 9.98. The number of amides is 1. The molecule has 6 heteroatoms. The standard InChI is InChI=1S/C22H29N5O/c1-5-6-11-22(28)26-19(20-13-21(27(3)4)25-15(2)24-20)12-16-14-23-18-10-8-7-9-17(16)18/h7-10,13-14,19,23H,5-6,11-12H2,1-4H3,(H,26,28)/t19-/m1/s1. The molecule has 0 bridgehead atoms. The summed E-state index contributed by atoms with van der Waals surface area (Å²) in [7, 11) is 3.92. The van der Waals surface area contributed by atoms with Gasteiger partial charge in [0.1, 0.15) is 11.6 Å². The van der Waals surface area contributed by atoms with E-state index in [-0.39, 0.29) is 11.9 Å². The number of H-pyrrole nitrogens is 1. The van der Waals surface area contributed by atoms with E-state index >= 15 is 0 Å². The third-order valence-electron chi connectivity index (χ3n) is 4.85. The average molecular weight is 380 g/mol. The Balaban J connectivity index is 1.94. The van der Waals surface area contributed by atoms with E-state index in [1.54, 1.807) is 0 Å². The molecule has 0 aliphatic heterocycles. The first kappa shape index (κ1) is 19.9. The molecule has 6 nitrogen and oxygen atoms in total. The number of hydrogen-bond donors (Lipinski definition) is 2. The summed E-state index contributed by atoms with van der Waals surface area (Å²) in [5, 5.41) is 4.38. The Morgan fingerprint density at radius 1 is 1.25 bits per heavy atom. The lowest BCUT2D eigenvalue weighted by molar-refractivity contribution is -0.122. The molecule has 2 N–H and O–H groups in total. The van der Waals surface area contributed by atoms with Crippen LogP contribution in [0.1, 0.15) is 49.3 Å². The molecule has 0 aliphatic carbocycles. The Morgan fingerprint density at radius 2 is 2.04 bits per heavy atom. The summed E-state index contributed by atoms with van der Waals surface area (Å²) in [5.41, 5.74) is 3.10. The van der Waals surface area contributed by atoms with Crippen LogP contribution in [0.2, 0.25) is 0 Å². The van der Waals surface area contributed by atoms with Crippen LogP contribution in [0.5, 0.6) is 0 Å². The zero-order valence-corrected chi connectivity index (χ0v) is 17.1. The highest BCUT2D eigenvalue weighted by Crippen LogP contribution is 2.25. The van der Waals surface area contributed by atoms with Gasteiger partial charge in [-0.25, -0.2) is 9.97 Å². The summed E-state index contributed by atoms with van der Waals surface area (Å²) in [4.78, 5) is 26.9. The molecule has 0 spiro atoms. The van der Waals surface area contributed by atoms with Crippen LogP contribution in [0.25, 0.3) is 10.9 Å². The molecule has 3 rings (SSSR count). The lowest BCUT2D eigenvalue weighted by atomic mass is 10.0. The van der Waals surface area contributed by atoms with Crippen molar-refractivity contribution in [1.29, 1.82) is 0 Å². The molecule has 0 radical (unpaired) electrons. The van der Waals surface area contributed by atoms with Crippen molar-refractivity contribution in [1.82, 2.24) is 20.3 Å². The van der Waals surface area contributed by atoms with Gasteiger partial charge in [-0.1, -0.05) is 31.5 Å². The van der Waals surface area contributed by atoms with Crippen molar-refractivity contribution in [3.8, 4) is 0 Å². The predicted molar refractivity (Wildman–Crippen MR) is 114 cm³/mol. The Hall–Kier alpha value is -2.89. The monoisotopic (exact) mass is 379 g/mol. The van der Waals surface area contributed by atoms with Gasteiger partial charge >= 0.3 is 0 Å². The zero-order valence-electron chi connectivity index (χ0n) is 17.1. The SMILES string of the molecule is CCCCC(=O)N[C@H](Cc1c[nH]c2ccccc12)c1cc(N(C)C)nc(C)n1. The molecule has 2 heterocycles. The summed E-state index contributed by atoms with van der Waals surface area (Å²) in [6.07, 6.45) is 5.11. The highest BCUT2D eigenvalue weighted by Gasteiger charge is 2.20. The Labute approximate surface area is 166 Å². The third kappa shape index (κ3) is 4.68. The van der Waals surface area contributed by atoms with Crippen molar-refractivity contribution < 1.29 is 4.79 Å². The maximum absolute atomic E-state index is 12.5. The lowest BCUT2D eigenvalue weighted by Gasteiger charge is -2.21. The molecular formula is C22H29N5O. The summed E-state index contributed by atoms with van der Waals surface area (Å²) in [6.45, 7) is 3.98. The van der Waals surface area contributed by atoms with Crippen LogP contribution >= 0.6 is 0 Å². The van der Waals surface area contributed by atoms with Crippen LogP contribution in [-0.2, 0) is 11.2 Å². The van der Waals surface area contributed by atoms with Crippen LogP contribution in [0, 0.1) is 6.92 Å². The number of fused-ring (bicyclic) bond motifs is 1. The topological polar surface area (TPSA) is 73.9 Å². The maximum atomic E-state index is 12.5. The number of nitrogens with zero attached hydrogens (tertiary/aromatic N) is 3. The first-order valence-corrected chi connectivity index (χ1v) is 9.85. The van der Waals surface area contributed by atoms with E-state index in [4.69, 9.17) is 0 Å². The molecule has 0 saturated carbocycles. The fourth-order valence-electron chi connectivity index (χ4n) is 3.34. The predicted octanol–water partition coefficient (Wildman–Crippen LogP) is 3.92. The van der Waals surface area contributed by atoms with Crippen LogP contribution in [0.15, 0.2) is 36.5 Å². The van der Waals surface area contributed by atoms with Crippen molar-refractivity contribution in [3.05, 3.63) is 53.6 Å². The van der Waals surface area contributed by atoms with Gasteiger partial charge in [-0.15, -0.1) is 0 Å². The molecule has 0 aliphatic rings. The lowest BCUT2D eigenvalue weighted by Crippen LogP contribution is -2.31. The number of anilines is 1. The minimum Gasteiger partial charge on any atom is -0.363 e. The zero-order chi connectivity index (χ0) is 20.1. The molecule has 3 aromatic rings. The largest absolute Gasteiger partial charge is 0.363 e. The van der Waals surface area contributed by atoms with Gasteiger partial charge in [-0.3, -0.25) is 4.79 Å². The van der Waals surface area contributed by atoms with Crippen molar-refractivity contribution >= 4 is 22.6 Å². The van der Waals surface area contributed by atoms with Crippen LogP contribution < -0.4 is 10.2 Å². The van der Waals surface area contributed by atoms with Gasteiger partial charge < -0.3 is 15.2 Å². The number of carbonyl (C=O) groups excluding carboxylic acids is 1. The molecule has 0 saturated heterocycles. The van der Waals surface area contributed by atoms with E-state index in [0.29, 0.717) is 18.7 Å². The number of unbranched alkanes of at least 4 members (excludes halogenated alkanes) is 1. The molecule has 1 aromatic carbocycles. The second-order valence-corrected chi connectivity index (χ2v) is 7.38. The number of aromatic nitrogens is 3. The normalized spacial score (nSPS) is 12.1. The summed E-state index contributed by atoms with van der Waals surface area (Å²) >= 11 is 0. The highest BCUT2D eigenvalue weighted by molar-refractivity contribution is 5.83. The quantitative estimate of drug-likeness (QED) is 0.622. The van der Waals surface area contributed by atoms with Crippen LogP contribution in [0.3, 0.4) is 0 Å². The van der Waals surface area contributed by atoms with Crippen LogP contribution in [0.4, 0.5) is 5.82 Å². The first-order valence-electron chi connectivity index (χ1n) is 9.85. The smallest absolute Gasteiger partial charge is 0.220 e. The number of aryl methyl sites for hydroxylation is 1. The van der Waals surface area contributed by atoms with Gasteiger partial charge in [0, 0.05) is 50.1 Å². The average Bonchev–Trinajstić information content (AvgIpc) is 3.08. The van der Waals surface area contributed by atoms with Gasteiger partial charge in [-0.05, 0) is 25.0 Å². The van der Waals surface area contributed by atoms with E-state index < -0.39 is 0 Å². The van der Waals surface area contributed by atoms with Crippen LogP contribution in [-0.4, -0.2) is 35.0 Å². The molecular weight excluding hydrogens is 350 g/mol. The Morgan fingerprint density at radius 3 is 2.79 bits per heavy atom. The number of aromatic amines is 1.